The number of nitrogens with two attached hydrogens (primary N) is 1. The van der Waals surface area contributed by atoms with Crippen molar-refractivity contribution in [2.24, 2.45) is 0 Å². The lowest BCUT2D eigenvalue weighted by molar-refractivity contribution is 0.0505. The molecule has 0 aliphatic rings. The van der Waals surface area contributed by atoms with E-state index in [2.05, 4.69) is 15.9 Å². The molecule has 14 heavy (non-hydrogen) atoms. The van der Waals surface area contributed by atoms with Crippen molar-refractivity contribution in [3.63, 3.8) is 0 Å². The Morgan fingerprint density at radius 3 is 2.86 bits per heavy atom. The minimum absolute atomic E-state index is 0.312. The molecular formula is C10H12BrNO2. The first-order valence-corrected chi connectivity index (χ1v) is 5.16. The molecule has 76 valence electrons. The first-order valence-electron chi connectivity index (χ1n) is 4.37. The minimum Gasteiger partial charge on any atom is -0.462 e. The quantitative estimate of drug-likeness (QED) is 0.669. The monoisotopic (exact) mass is 257 g/mol. The highest BCUT2D eigenvalue weighted by Crippen LogP contribution is 2.20. The van der Waals surface area contributed by atoms with Gasteiger partial charge >= 0.3 is 5.97 Å². The average Bonchev–Trinajstić information content (AvgIpc) is 2.18. The third-order valence-corrected chi connectivity index (χ3v) is 2.36. The molecule has 0 saturated heterocycles. The van der Waals surface area contributed by atoms with Gasteiger partial charge in [0.2, 0.25) is 0 Å². The number of carbonyl (C=O) groups is 1. The summed E-state index contributed by atoms with van der Waals surface area (Å²) in [5, 5.41) is 0. The van der Waals surface area contributed by atoms with Gasteiger partial charge in [0.05, 0.1) is 12.2 Å². The number of anilines is 1. The molecule has 0 aliphatic heterocycles. The molecule has 0 unspecified atom stereocenters. The maximum atomic E-state index is 11.4. The van der Waals surface area contributed by atoms with Crippen LogP contribution in [0.2, 0.25) is 0 Å². The van der Waals surface area contributed by atoms with Gasteiger partial charge in [-0.25, -0.2) is 4.79 Å². The Hall–Kier alpha value is -1.03. The van der Waals surface area contributed by atoms with Crippen molar-refractivity contribution in [3.05, 3.63) is 28.2 Å². The van der Waals surface area contributed by atoms with E-state index in [9.17, 15) is 4.79 Å². The molecule has 0 fully saturated rings. The maximum Gasteiger partial charge on any atom is 0.338 e. The van der Waals surface area contributed by atoms with Crippen LogP contribution in [-0.4, -0.2) is 12.6 Å². The Kier molecular flexibility index (Phi) is 3.95. The van der Waals surface area contributed by atoms with E-state index in [0.29, 0.717) is 22.3 Å². The van der Waals surface area contributed by atoms with Gasteiger partial charge in [-0.2, -0.15) is 0 Å². The summed E-state index contributed by atoms with van der Waals surface area (Å²) in [5.74, 6) is -0.312. The van der Waals surface area contributed by atoms with Crippen molar-refractivity contribution in [1.29, 1.82) is 0 Å². The summed E-state index contributed by atoms with van der Waals surface area (Å²) in [6, 6.07) is 4.98. The van der Waals surface area contributed by atoms with Crippen molar-refractivity contribution in [3.8, 4) is 0 Å². The lowest BCUT2D eigenvalue weighted by Crippen LogP contribution is -2.06. The molecule has 0 bridgehead atoms. The zero-order valence-corrected chi connectivity index (χ0v) is 9.50. The number of nitrogen functional groups attached to an aromatic ring is 1. The van der Waals surface area contributed by atoms with Crippen molar-refractivity contribution < 1.29 is 9.53 Å². The summed E-state index contributed by atoms with van der Waals surface area (Å²) in [6.07, 6.45) is 0.821. The first kappa shape index (κ1) is 11.0. The third kappa shape index (κ3) is 2.73. The summed E-state index contributed by atoms with van der Waals surface area (Å²) in [5.41, 5.74) is 6.71. The Balaban J connectivity index is 2.76. The Labute approximate surface area is 91.4 Å². The number of rotatable bonds is 3. The van der Waals surface area contributed by atoms with E-state index in [0.717, 1.165) is 6.42 Å². The third-order valence-electron chi connectivity index (χ3n) is 1.67. The molecule has 0 radical (unpaired) electrons. The van der Waals surface area contributed by atoms with Gasteiger partial charge in [-0.05, 0) is 40.5 Å². The Bertz CT molecular complexity index is 339. The highest BCUT2D eigenvalue weighted by Gasteiger charge is 2.07. The number of ether oxygens (including phenoxy) is 1. The van der Waals surface area contributed by atoms with Gasteiger partial charge in [-0.15, -0.1) is 0 Å². The molecule has 0 spiro atoms. The SMILES string of the molecule is CCCOC(=O)c1ccc(N)c(Br)c1. The van der Waals surface area contributed by atoms with E-state index in [-0.39, 0.29) is 5.97 Å². The molecule has 0 atom stereocenters. The van der Waals surface area contributed by atoms with Crippen molar-refractivity contribution >= 4 is 27.6 Å². The molecule has 0 heterocycles. The first-order chi connectivity index (χ1) is 6.65. The predicted octanol–water partition coefficient (Wildman–Crippen LogP) is 2.60. The largest absolute Gasteiger partial charge is 0.462 e. The predicted molar refractivity (Wildman–Crippen MR) is 59.1 cm³/mol. The van der Waals surface area contributed by atoms with Crippen molar-refractivity contribution in [1.82, 2.24) is 0 Å². The zero-order valence-electron chi connectivity index (χ0n) is 7.92. The van der Waals surface area contributed by atoms with Crippen LogP contribution in [0.3, 0.4) is 0 Å². The van der Waals surface area contributed by atoms with Gasteiger partial charge < -0.3 is 10.5 Å². The van der Waals surface area contributed by atoms with Crippen LogP contribution in [0.25, 0.3) is 0 Å². The number of carbonyl (C=O) groups excluding carboxylic acids is 1. The molecule has 1 rings (SSSR count). The summed E-state index contributed by atoms with van der Waals surface area (Å²) in [6.45, 7) is 2.40. The van der Waals surface area contributed by atoms with Crippen molar-refractivity contribution in [2.45, 2.75) is 13.3 Å². The van der Waals surface area contributed by atoms with Gasteiger partial charge in [-0.1, -0.05) is 6.92 Å². The molecule has 0 aromatic heterocycles. The van der Waals surface area contributed by atoms with Crippen LogP contribution in [0.1, 0.15) is 23.7 Å². The van der Waals surface area contributed by atoms with E-state index in [4.69, 9.17) is 10.5 Å². The fraction of sp³-hybridized carbons (Fsp3) is 0.300. The molecule has 1 aromatic rings. The van der Waals surface area contributed by atoms with E-state index in [1.54, 1.807) is 18.2 Å². The second-order valence-corrected chi connectivity index (χ2v) is 3.73. The van der Waals surface area contributed by atoms with Crippen LogP contribution in [-0.2, 0) is 4.74 Å². The molecule has 3 nitrogen and oxygen atoms in total. The Morgan fingerprint density at radius 1 is 1.57 bits per heavy atom. The van der Waals surface area contributed by atoms with Gasteiger partial charge in [-0.3, -0.25) is 0 Å². The molecular weight excluding hydrogens is 246 g/mol. The second kappa shape index (κ2) is 5.00. The summed E-state index contributed by atoms with van der Waals surface area (Å²) < 4.78 is 5.68. The van der Waals surface area contributed by atoms with Gasteiger partial charge in [0.15, 0.2) is 0 Å². The van der Waals surface area contributed by atoms with Crippen LogP contribution in [0, 0.1) is 0 Å². The maximum absolute atomic E-state index is 11.4. The normalized spacial score (nSPS) is 9.86. The smallest absolute Gasteiger partial charge is 0.338 e. The number of benzene rings is 1. The molecule has 1 aromatic carbocycles. The molecule has 0 saturated carbocycles. The molecule has 4 heteroatoms. The molecule has 0 amide bonds. The number of hydrogen-bond acceptors (Lipinski definition) is 3. The molecule has 0 aliphatic carbocycles. The highest BCUT2D eigenvalue weighted by molar-refractivity contribution is 9.10. The number of esters is 1. The standard InChI is InChI=1S/C10H12BrNO2/c1-2-5-14-10(13)7-3-4-9(12)8(11)6-7/h3-4,6H,2,5,12H2,1H3. The minimum atomic E-state index is -0.312. The summed E-state index contributed by atoms with van der Waals surface area (Å²) >= 11 is 3.25. The van der Waals surface area contributed by atoms with Gasteiger partial charge in [0.25, 0.3) is 0 Å². The van der Waals surface area contributed by atoms with Gasteiger partial charge in [0.1, 0.15) is 0 Å². The number of halogens is 1. The van der Waals surface area contributed by atoms with E-state index in [1.165, 1.54) is 0 Å². The van der Waals surface area contributed by atoms with Crippen LogP contribution in [0.4, 0.5) is 5.69 Å². The van der Waals surface area contributed by atoms with Gasteiger partial charge in [0, 0.05) is 10.2 Å². The highest BCUT2D eigenvalue weighted by atomic mass is 79.9. The zero-order chi connectivity index (χ0) is 10.6. The van der Waals surface area contributed by atoms with E-state index < -0.39 is 0 Å². The van der Waals surface area contributed by atoms with Crippen LogP contribution >= 0.6 is 15.9 Å². The summed E-state index contributed by atoms with van der Waals surface area (Å²) in [4.78, 5) is 11.4. The lowest BCUT2D eigenvalue weighted by Gasteiger charge is -2.04. The summed E-state index contributed by atoms with van der Waals surface area (Å²) in [7, 11) is 0. The second-order valence-electron chi connectivity index (χ2n) is 2.87. The lowest BCUT2D eigenvalue weighted by atomic mass is 10.2. The van der Waals surface area contributed by atoms with E-state index in [1.807, 2.05) is 6.92 Å². The number of hydrogen-bond donors (Lipinski definition) is 1. The van der Waals surface area contributed by atoms with E-state index >= 15 is 0 Å². The Morgan fingerprint density at radius 2 is 2.29 bits per heavy atom. The van der Waals surface area contributed by atoms with Crippen LogP contribution < -0.4 is 5.73 Å². The average molecular weight is 258 g/mol. The fourth-order valence-electron chi connectivity index (χ4n) is 0.932. The topological polar surface area (TPSA) is 52.3 Å². The van der Waals surface area contributed by atoms with Crippen LogP contribution in [0.5, 0.6) is 0 Å². The fourth-order valence-corrected chi connectivity index (χ4v) is 1.31. The van der Waals surface area contributed by atoms with Crippen LogP contribution in [0.15, 0.2) is 22.7 Å². The molecule has 2 N–H and O–H groups in total. The van der Waals surface area contributed by atoms with Crippen molar-refractivity contribution in [2.75, 3.05) is 12.3 Å².